The maximum Gasteiger partial charge on any atom is 0.341 e. The van der Waals surface area contributed by atoms with Crippen LogP contribution in [0.5, 0.6) is 0 Å². The Bertz CT molecular complexity index is 456. The van der Waals surface area contributed by atoms with Crippen LogP contribution in [0.1, 0.15) is 55.6 Å². The van der Waals surface area contributed by atoms with Crippen LogP contribution in [0.15, 0.2) is 6.20 Å². The van der Waals surface area contributed by atoms with Crippen molar-refractivity contribution in [3.8, 4) is 0 Å². The third-order valence-corrected chi connectivity index (χ3v) is 4.05. The van der Waals surface area contributed by atoms with Crippen LogP contribution in [0.3, 0.4) is 0 Å². The maximum atomic E-state index is 11.9. The van der Waals surface area contributed by atoms with Gasteiger partial charge in [-0.05, 0) is 25.7 Å². The molecule has 0 aromatic carbocycles. The Morgan fingerprint density at radius 1 is 1.55 bits per heavy atom. The topological polar surface area (TPSA) is 56.1 Å². The van der Waals surface area contributed by atoms with E-state index in [-0.39, 0.29) is 5.97 Å². The minimum Gasteiger partial charge on any atom is -0.462 e. The molecule has 1 heterocycles. The van der Waals surface area contributed by atoms with Crippen molar-refractivity contribution in [1.29, 1.82) is 0 Å². The van der Waals surface area contributed by atoms with Gasteiger partial charge in [-0.2, -0.15) is 5.10 Å². The second kappa shape index (κ2) is 6.88. The van der Waals surface area contributed by atoms with Crippen molar-refractivity contribution >= 4 is 5.97 Å². The van der Waals surface area contributed by atoms with Crippen molar-refractivity contribution in [2.75, 3.05) is 6.61 Å². The number of hydrogen-bond acceptors (Lipinski definition) is 4. The second-order valence-corrected chi connectivity index (χ2v) is 5.70. The average molecular weight is 279 g/mol. The van der Waals surface area contributed by atoms with E-state index >= 15 is 0 Å². The summed E-state index contributed by atoms with van der Waals surface area (Å²) in [4.78, 5) is 11.9. The zero-order valence-electron chi connectivity index (χ0n) is 12.7. The Balaban J connectivity index is 1.98. The van der Waals surface area contributed by atoms with Crippen LogP contribution in [-0.2, 0) is 18.3 Å². The molecule has 5 heteroatoms. The van der Waals surface area contributed by atoms with Gasteiger partial charge in [0.1, 0.15) is 5.56 Å². The molecule has 0 radical (unpaired) electrons. The zero-order valence-corrected chi connectivity index (χ0v) is 12.7. The molecule has 1 aliphatic carbocycles. The monoisotopic (exact) mass is 279 g/mol. The van der Waals surface area contributed by atoms with E-state index in [0.29, 0.717) is 24.8 Å². The van der Waals surface area contributed by atoms with Crippen molar-refractivity contribution in [3.05, 3.63) is 17.5 Å². The summed E-state index contributed by atoms with van der Waals surface area (Å²) in [6.45, 7) is 5.18. The molecule has 2 atom stereocenters. The Morgan fingerprint density at radius 3 is 3.05 bits per heavy atom. The number of ether oxygens (including phenoxy) is 1. The van der Waals surface area contributed by atoms with Crippen LogP contribution >= 0.6 is 0 Å². The van der Waals surface area contributed by atoms with Crippen molar-refractivity contribution in [3.63, 3.8) is 0 Å². The Hall–Kier alpha value is -1.36. The Labute approximate surface area is 120 Å². The van der Waals surface area contributed by atoms with Gasteiger partial charge in [-0.15, -0.1) is 0 Å². The predicted octanol–water partition coefficient (Wildman–Crippen LogP) is 2.27. The third-order valence-electron chi connectivity index (χ3n) is 4.05. The number of nitrogens with one attached hydrogen (secondary N) is 1. The fourth-order valence-corrected chi connectivity index (χ4v) is 2.91. The third kappa shape index (κ3) is 3.60. The summed E-state index contributed by atoms with van der Waals surface area (Å²) in [7, 11) is 1.86. The number of esters is 1. The van der Waals surface area contributed by atoms with Crippen LogP contribution in [0.25, 0.3) is 0 Å². The van der Waals surface area contributed by atoms with Gasteiger partial charge in [-0.1, -0.05) is 19.8 Å². The van der Waals surface area contributed by atoms with Gasteiger partial charge in [-0.25, -0.2) is 4.79 Å². The van der Waals surface area contributed by atoms with Gasteiger partial charge in [-0.3, -0.25) is 4.68 Å². The summed E-state index contributed by atoms with van der Waals surface area (Å²) >= 11 is 0. The van der Waals surface area contributed by atoms with E-state index in [0.717, 1.165) is 11.6 Å². The molecule has 20 heavy (non-hydrogen) atoms. The number of carbonyl (C=O) groups is 1. The van der Waals surface area contributed by atoms with Crippen molar-refractivity contribution in [2.24, 2.45) is 13.0 Å². The first-order chi connectivity index (χ1) is 9.61. The van der Waals surface area contributed by atoms with Crippen molar-refractivity contribution < 1.29 is 9.53 Å². The summed E-state index contributed by atoms with van der Waals surface area (Å²) in [5.74, 6) is 0.506. The summed E-state index contributed by atoms with van der Waals surface area (Å²) in [6, 6.07) is 0.545. The lowest BCUT2D eigenvalue weighted by molar-refractivity contribution is 0.0524. The van der Waals surface area contributed by atoms with Gasteiger partial charge in [0, 0.05) is 19.6 Å². The molecule has 0 aliphatic heterocycles. The molecule has 1 fully saturated rings. The molecule has 2 unspecified atom stereocenters. The standard InChI is InChI=1S/C15H25N3O2/c1-4-20-15(19)13-9-17-18(3)14(13)10-16-12-7-5-6-11(2)8-12/h9,11-12,16H,4-8,10H2,1-3H3. The highest BCUT2D eigenvalue weighted by Crippen LogP contribution is 2.23. The van der Waals surface area contributed by atoms with E-state index in [4.69, 9.17) is 4.74 Å². The lowest BCUT2D eigenvalue weighted by atomic mass is 9.87. The highest BCUT2D eigenvalue weighted by atomic mass is 16.5. The molecule has 0 spiro atoms. The van der Waals surface area contributed by atoms with E-state index in [1.165, 1.54) is 25.7 Å². The Kier molecular flexibility index (Phi) is 5.17. The molecule has 1 aliphatic rings. The first kappa shape index (κ1) is 15.0. The van der Waals surface area contributed by atoms with E-state index in [9.17, 15) is 4.79 Å². The van der Waals surface area contributed by atoms with Crippen molar-refractivity contribution in [1.82, 2.24) is 15.1 Å². The number of rotatable bonds is 5. The SMILES string of the molecule is CCOC(=O)c1cnn(C)c1CNC1CCCC(C)C1. The summed E-state index contributed by atoms with van der Waals surface area (Å²) in [6.07, 6.45) is 6.65. The minimum absolute atomic E-state index is 0.283. The Morgan fingerprint density at radius 2 is 2.35 bits per heavy atom. The van der Waals surface area contributed by atoms with E-state index in [2.05, 4.69) is 17.3 Å². The molecule has 2 rings (SSSR count). The van der Waals surface area contributed by atoms with Crippen molar-refractivity contribution in [2.45, 2.75) is 52.1 Å². The van der Waals surface area contributed by atoms with Crippen LogP contribution in [-0.4, -0.2) is 28.4 Å². The minimum atomic E-state index is -0.283. The highest BCUT2D eigenvalue weighted by Gasteiger charge is 2.21. The molecule has 1 saturated carbocycles. The van der Waals surface area contributed by atoms with E-state index in [1.807, 2.05) is 14.0 Å². The van der Waals surface area contributed by atoms with Crippen LogP contribution in [0, 0.1) is 5.92 Å². The summed E-state index contributed by atoms with van der Waals surface area (Å²) in [5.41, 5.74) is 1.48. The quantitative estimate of drug-likeness (QED) is 0.840. The molecule has 1 aromatic heterocycles. The summed E-state index contributed by atoms with van der Waals surface area (Å²) in [5, 5.41) is 7.74. The molecule has 0 saturated heterocycles. The van der Waals surface area contributed by atoms with E-state index < -0.39 is 0 Å². The molecule has 1 aromatic rings. The number of aryl methyl sites for hydroxylation is 1. The van der Waals surface area contributed by atoms with Crippen LogP contribution < -0.4 is 5.32 Å². The van der Waals surface area contributed by atoms with Gasteiger partial charge in [0.2, 0.25) is 0 Å². The first-order valence-corrected chi connectivity index (χ1v) is 7.53. The molecule has 0 amide bonds. The van der Waals surface area contributed by atoms with Crippen LogP contribution in [0.2, 0.25) is 0 Å². The number of carbonyl (C=O) groups excluding carboxylic acids is 1. The molecule has 0 bridgehead atoms. The van der Waals surface area contributed by atoms with Gasteiger partial charge in [0.15, 0.2) is 0 Å². The number of aromatic nitrogens is 2. The summed E-state index contributed by atoms with van der Waals surface area (Å²) < 4.78 is 6.83. The van der Waals surface area contributed by atoms with Gasteiger partial charge < -0.3 is 10.1 Å². The van der Waals surface area contributed by atoms with Gasteiger partial charge >= 0.3 is 5.97 Å². The smallest absolute Gasteiger partial charge is 0.341 e. The molecule has 112 valence electrons. The van der Waals surface area contributed by atoms with Crippen LogP contribution in [0.4, 0.5) is 0 Å². The highest BCUT2D eigenvalue weighted by molar-refractivity contribution is 5.90. The van der Waals surface area contributed by atoms with E-state index in [1.54, 1.807) is 10.9 Å². The second-order valence-electron chi connectivity index (χ2n) is 5.70. The first-order valence-electron chi connectivity index (χ1n) is 7.53. The molecular weight excluding hydrogens is 254 g/mol. The van der Waals surface area contributed by atoms with Gasteiger partial charge in [0.05, 0.1) is 18.5 Å². The maximum absolute atomic E-state index is 11.9. The fraction of sp³-hybridized carbons (Fsp3) is 0.733. The molecule has 5 nitrogen and oxygen atoms in total. The average Bonchev–Trinajstić information content (AvgIpc) is 2.78. The molecule has 1 N–H and O–H groups in total. The normalized spacial score (nSPS) is 22.8. The molecular formula is C15H25N3O2. The largest absolute Gasteiger partial charge is 0.462 e. The lowest BCUT2D eigenvalue weighted by Crippen LogP contribution is -2.34. The van der Waals surface area contributed by atoms with Gasteiger partial charge in [0.25, 0.3) is 0 Å². The number of hydrogen-bond donors (Lipinski definition) is 1. The number of nitrogens with zero attached hydrogens (tertiary/aromatic N) is 2. The predicted molar refractivity (Wildman–Crippen MR) is 77.4 cm³/mol. The fourth-order valence-electron chi connectivity index (χ4n) is 2.91. The zero-order chi connectivity index (χ0) is 14.5. The lowest BCUT2D eigenvalue weighted by Gasteiger charge is -2.27.